The summed E-state index contributed by atoms with van der Waals surface area (Å²) < 4.78 is 11.1. The fraction of sp³-hybridized carbons (Fsp3) is 0.857. The van der Waals surface area contributed by atoms with E-state index in [0.717, 1.165) is 32.1 Å². The van der Waals surface area contributed by atoms with Crippen LogP contribution in [0.4, 0.5) is 0 Å². The van der Waals surface area contributed by atoms with Crippen LogP contribution in [0.2, 0.25) is 0 Å². The molecule has 0 amide bonds. The molecule has 1 saturated carbocycles. The third kappa shape index (κ3) is 3.09. The molecule has 1 unspecified atom stereocenters. The van der Waals surface area contributed by atoms with Crippen LogP contribution in [-0.2, 0) is 14.3 Å². The Balaban J connectivity index is 1.84. The van der Waals surface area contributed by atoms with Gasteiger partial charge in [-0.25, -0.2) is 0 Å². The number of nitrogens with zero attached hydrogens (tertiary/aromatic N) is 1. The van der Waals surface area contributed by atoms with E-state index in [9.17, 15) is 10.1 Å². The van der Waals surface area contributed by atoms with Gasteiger partial charge in [-0.3, -0.25) is 4.79 Å². The number of carbonyl (C=O) groups excluding carboxylic acids is 1. The molecule has 1 saturated heterocycles. The van der Waals surface area contributed by atoms with Crippen molar-refractivity contribution in [2.75, 3.05) is 13.2 Å². The van der Waals surface area contributed by atoms with Gasteiger partial charge in [-0.2, -0.15) is 5.26 Å². The first-order chi connectivity index (χ1) is 8.58. The van der Waals surface area contributed by atoms with Crippen LogP contribution in [0.15, 0.2) is 0 Å². The lowest BCUT2D eigenvalue weighted by atomic mass is 9.71. The van der Waals surface area contributed by atoms with Gasteiger partial charge in [0, 0.05) is 19.3 Å². The van der Waals surface area contributed by atoms with E-state index in [2.05, 4.69) is 6.07 Å². The van der Waals surface area contributed by atoms with Crippen molar-refractivity contribution in [1.82, 2.24) is 0 Å². The number of hydrogen-bond donors (Lipinski definition) is 0. The lowest BCUT2D eigenvalue weighted by Gasteiger charge is -2.31. The summed E-state index contributed by atoms with van der Waals surface area (Å²) in [7, 11) is 0. The highest BCUT2D eigenvalue weighted by Crippen LogP contribution is 2.39. The molecular weight excluding hydrogens is 230 g/mol. The summed E-state index contributed by atoms with van der Waals surface area (Å²) in [5.74, 6) is -0.239. The highest BCUT2D eigenvalue weighted by atomic mass is 16.7. The van der Waals surface area contributed by atoms with Crippen molar-refractivity contribution in [3.8, 4) is 6.07 Å². The molecule has 100 valence electrons. The summed E-state index contributed by atoms with van der Waals surface area (Å²) in [5, 5.41) is 9.35. The molecule has 1 aliphatic heterocycles. The predicted octanol–water partition coefficient (Wildman–Crippen LogP) is 2.57. The quantitative estimate of drug-likeness (QED) is 0.770. The zero-order chi connectivity index (χ0) is 13.1. The molecule has 2 rings (SSSR count). The fourth-order valence-corrected chi connectivity index (χ4v) is 2.99. The Morgan fingerprint density at radius 1 is 1.33 bits per heavy atom. The third-order valence-electron chi connectivity index (χ3n) is 4.07. The van der Waals surface area contributed by atoms with Crippen molar-refractivity contribution < 1.29 is 14.3 Å². The molecule has 2 aliphatic rings. The molecule has 18 heavy (non-hydrogen) atoms. The number of rotatable bonds is 4. The highest BCUT2D eigenvalue weighted by Gasteiger charge is 2.37. The van der Waals surface area contributed by atoms with Gasteiger partial charge in [-0.15, -0.1) is 0 Å². The van der Waals surface area contributed by atoms with Crippen molar-refractivity contribution in [2.45, 2.75) is 57.7 Å². The van der Waals surface area contributed by atoms with Crippen LogP contribution >= 0.6 is 0 Å². The second kappa shape index (κ2) is 5.38. The molecule has 0 aromatic heterocycles. The van der Waals surface area contributed by atoms with Gasteiger partial charge < -0.3 is 9.47 Å². The number of ether oxygens (including phenoxy) is 2. The predicted molar refractivity (Wildman–Crippen MR) is 65.7 cm³/mol. The Labute approximate surface area is 108 Å². The summed E-state index contributed by atoms with van der Waals surface area (Å²) in [6.07, 6.45) is 5.24. The first kappa shape index (κ1) is 13.5. The smallest absolute Gasteiger partial charge is 0.165 e. The summed E-state index contributed by atoms with van der Waals surface area (Å²) in [4.78, 5) is 11.5. The Bertz CT molecular complexity index is 355. The third-order valence-corrected chi connectivity index (χ3v) is 4.07. The Kier molecular flexibility index (Phi) is 4.04. The van der Waals surface area contributed by atoms with E-state index in [1.807, 2.05) is 6.92 Å². The maximum Gasteiger partial charge on any atom is 0.165 e. The Morgan fingerprint density at radius 3 is 2.67 bits per heavy atom. The fourth-order valence-electron chi connectivity index (χ4n) is 2.99. The van der Waals surface area contributed by atoms with Crippen LogP contribution in [0.1, 0.15) is 51.9 Å². The van der Waals surface area contributed by atoms with E-state index in [1.165, 1.54) is 0 Å². The largest absolute Gasteiger partial charge is 0.348 e. The normalized spacial score (nSPS) is 31.2. The molecule has 0 aromatic carbocycles. The van der Waals surface area contributed by atoms with Crippen LogP contribution in [-0.4, -0.2) is 24.8 Å². The summed E-state index contributed by atoms with van der Waals surface area (Å²) in [6.45, 7) is 3.25. The molecule has 0 radical (unpaired) electrons. The molecule has 1 atom stereocenters. The molecule has 4 nitrogen and oxygen atoms in total. The molecule has 0 aromatic rings. The molecule has 0 bridgehead atoms. The van der Waals surface area contributed by atoms with Gasteiger partial charge in [-0.05, 0) is 32.6 Å². The molecule has 1 heterocycles. The van der Waals surface area contributed by atoms with E-state index in [-0.39, 0.29) is 5.78 Å². The zero-order valence-corrected chi connectivity index (χ0v) is 11.0. The van der Waals surface area contributed by atoms with E-state index in [0.29, 0.717) is 26.1 Å². The van der Waals surface area contributed by atoms with Crippen LogP contribution < -0.4 is 0 Å². The maximum absolute atomic E-state index is 11.5. The number of Topliss-reactive ketones (excluding diaryl/α,β-unsaturated/α-hetero) is 1. The summed E-state index contributed by atoms with van der Waals surface area (Å²) >= 11 is 0. The summed E-state index contributed by atoms with van der Waals surface area (Å²) in [5.41, 5.74) is -0.426. The van der Waals surface area contributed by atoms with Crippen LogP contribution in [0.3, 0.4) is 0 Å². The summed E-state index contributed by atoms with van der Waals surface area (Å²) in [6, 6.07) is 2.38. The number of ketones is 1. The standard InChI is InChI=1S/C14H21NO3/c1-13(17-8-9-18-13)5-3-7-14(11-15)6-2-4-12(16)10-14/h2-10H2,1H3. The number of nitriles is 1. The van der Waals surface area contributed by atoms with Crippen LogP contribution in [0.5, 0.6) is 0 Å². The maximum atomic E-state index is 11.5. The average molecular weight is 251 g/mol. The van der Waals surface area contributed by atoms with Gasteiger partial charge in [0.25, 0.3) is 0 Å². The van der Waals surface area contributed by atoms with Crippen LogP contribution in [0, 0.1) is 16.7 Å². The van der Waals surface area contributed by atoms with Crippen molar-refractivity contribution in [3.05, 3.63) is 0 Å². The average Bonchev–Trinajstić information content (AvgIpc) is 2.76. The molecule has 0 N–H and O–H groups in total. The van der Waals surface area contributed by atoms with E-state index in [4.69, 9.17) is 9.47 Å². The lowest BCUT2D eigenvalue weighted by molar-refractivity contribution is -0.148. The Morgan fingerprint density at radius 2 is 2.06 bits per heavy atom. The monoisotopic (exact) mass is 251 g/mol. The van der Waals surface area contributed by atoms with Crippen LogP contribution in [0.25, 0.3) is 0 Å². The van der Waals surface area contributed by atoms with Gasteiger partial charge in [0.2, 0.25) is 0 Å². The second-order valence-electron chi connectivity index (χ2n) is 5.65. The van der Waals surface area contributed by atoms with E-state index >= 15 is 0 Å². The van der Waals surface area contributed by atoms with E-state index in [1.54, 1.807) is 0 Å². The number of hydrogen-bond acceptors (Lipinski definition) is 4. The van der Waals surface area contributed by atoms with Crippen molar-refractivity contribution in [1.29, 1.82) is 5.26 Å². The topological polar surface area (TPSA) is 59.3 Å². The first-order valence-electron chi connectivity index (χ1n) is 6.78. The lowest BCUT2D eigenvalue weighted by Crippen LogP contribution is -2.30. The molecule has 1 aliphatic carbocycles. The second-order valence-corrected chi connectivity index (χ2v) is 5.65. The minimum Gasteiger partial charge on any atom is -0.348 e. The molecule has 4 heteroatoms. The van der Waals surface area contributed by atoms with Gasteiger partial charge in [-0.1, -0.05) is 0 Å². The number of carbonyl (C=O) groups is 1. The zero-order valence-electron chi connectivity index (χ0n) is 11.0. The van der Waals surface area contributed by atoms with Crippen molar-refractivity contribution in [2.24, 2.45) is 5.41 Å². The van der Waals surface area contributed by atoms with Gasteiger partial charge >= 0.3 is 0 Å². The van der Waals surface area contributed by atoms with Crippen molar-refractivity contribution in [3.63, 3.8) is 0 Å². The molecular formula is C14H21NO3. The minimum absolute atomic E-state index is 0.238. The Hall–Kier alpha value is -0.920. The van der Waals surface area contributed by atoms with Crippen molar-refractivity contribution >= 4 is 5.78 Å². The molecule has 2 fully saturated rings. The minimum atomic E-state index is -0.477. The van der Waals surface area contributed by atoms with Gasteiger partial charge in [0.15, 0.2) is 5.79 Å². The SMILES string of the molecule is CC1(CCCC2(C#N)CCCC(=O)C2)OCCO1. The van der Waals surface area contributed by atoms with E-state index < -0.39 is 11.2 Å². The van der Waals surface area contributed by atoms with Gasteiger partial charge in [0.1, 0.15) is 5.78 Å². The van der Waals surface area contributed by atoms with Gasteiger partial charge in [0.05, 0.1) is 24.7 Å². The molecule has 0 spiro atoms. The highest BCUT2D eigenvalue weighted by molar-refractivity contribution is 5.80. The first-order valence-corrected chi connectivity index (χ1v) is 6.78.